The maximum absolute atomic E-state index is 12.7. The standard InChI is InChI=1S/C23H21N3O4/c27-21-8-3-13-26(21)17-11-9-16(10-12-17)15-24-22(28)18-5-1-2-6-19(18)25-23(29)20-7-4-14-30-20/h1-2,4-7,9-12,14H,3,8,13,15H2,(H,24,28)(H,25,29). The number of carbonyl (C=O) groups excluding carboxylic acids is 3. The van der Waals surface area contributed by atoms with Crippen LogP contribution in [0.2, 0.25) is 0 Å². The number of anilines is 2. The number of hydrogen-bond donors (Lipinski definition) is 2. The van der Waals surface area contributed by atoms with Crippen LogP contribution >= 0.6 is 0 Å². The van der Waals surface area contributed by atoms with Gasteiger partial charge in [0.2, 0.25) is 5.91 Å². The first kappa shape index (κ1) is 19.4. The molecule has 1 fully saturated rings. The van der Waals surface area contributed by atoms with E-state index in [1.54, 1.807) is 41.3 Å². The summed E-state index contributed by atoms with van der Waals surface area (Å²) in [5.74, 6) is -0.414. The van der Waals surface area contributed by atoms with E-state index in [1.165, 1.54) is 6.26 Å². The van der Waals surface area contributed by atoms with Gasteiger partial charge in [-0.05, 0) is 48.4 Å². The lowest BCUT2D eigenvalue weighted by molar-refractivity contribution is -0.117. The van der Waals surface area contributed by atoms with E-state index in [0.29, 0.717) is 24.2 Å². The van der Waals surface area contributed by atoms with Crippen LogP contribution < -0.4 is 15.5 Å². The second kappa shape index (κ2) is 8.65. The van der Waals surface area contributed by atoms with Gasteiger partial charge in [0.25, 0.3) is 11.8 Å². The van der Waals surface area contributed by atoms with Crippen molar-refractivity contribution in [1.29, 1.82) is 0 Å². The van der Waals surface area contributed by atoms with Gasteiger partial charge in [0, 0.05) is 25.2 Å². The molecule has 0 bridgehead atoms. The van der Waals surface area contributed by atoms with Crippen LogP contribution in [-0.2, 0) is 11.3 Å². The highest BCUT2D eigenvalue weighted by molar-refractivity contribution is 6.07. The summed E-state index contributed by atoms with van der Waals surface area (Å²) < 4.78 is 5.09. The monoisotopic (exact) mass is 403 g/mol. The molecule has 152 valence electrons. The summed E-state index contributed by atoms with van der Waals surface area (Å²) in [5, 5.41) is 5.57. The minimum absolute atomic E-state index is 0.143. The minimum atomic E-state index is -0.424. The molecule has 0 saturated carbocycles. The third kappa shape index (κ3) is 4.25. The number of nitrogens with one attached hydrogen (secondary N) is 2. The lowest BCUT2D eigenvalue weighted by Crippen LogP contribution is -2.25. The Labute approximate surface area is 173 Å². The highest BCUT2D eigenvalue weighted by atomic mass is 16.3. The molecule has 2 N–H and O–H groups in total. The molecular weight excluding hydrogens is 382 g/mol. The predicted molar refractivity (Wildman–Crippen MR) is 112 cm³/mol. The van der Waals surface area contributed by atoms with Crippen molar-refractivity contribution >= 4 is 29.1 Å². The minimum Gasteiger partial charge on any atom is -0.459 e. The van der Waals surface area contributed by atoms with E-state index in [1.807, 2.05) is 24.3 Å². The van der Waals surface area contributed by atoms with Gasteiger partial charge in [0.05, 0.1) is 17.5 Å². The molecule has 30 heavy (non-hydrogen) atoms. The quantitative estimate of drug-likeness (QED) is 0.658. The molecule has 3 aromatic rings. The molecular formula is C23H21N3O4. The molecule has 3 amide bonds. The average molecular weight is 403 g/mol. The van der Waals surface area contributed by atoms with Crippen LogP contribution in [0.25, 0.3) is 0 Å². The zero-order valence-corrected chi connectivity index (χ0v) is 16.3. The van der Waals surface area contributed by atoms with Crippen molar-refractivity contribution in [3.63, 3.8) is 0 Å². The zero-order chi connectivity index (χ0) is 20.9. The molecule has 2 aromatic carbocycles. The molecule has 0 aliphatic carbocycles. The SMILES string of the molecule is O=C(Nc1ccccc1C(=O)NCc1ccc(N2CCCC2=O)cc1)c1ccco1. The van der Waals surface area contributed by atoms with Crippen LogP contribution in [0.15, 0.2) is 71.3 Å². The fourth-order valence-electron chi connectivity index (χ4n) is 3.37. The maximum Gasteiger partial charge on any atom is 0.291 e. The van der Waals surface area contributed by atoms with E-state index in [2.05, 4.69) is 10.6 Å². The molecule has 7 nitrogen and oxygen atoms in total. The van der Waals surface area contributed by atoms with E-state index in [4.69, 9.17) is 4.42 Å². The van der Waals surface area contributed by atoms with Crippen LogP contribution in [0.4, 0.5) is 11.4 Å². The first-order valence-electron chi connectivity index (χ1n) is 9.73. The number of carbonyl (C=O) groups is 3. The van der Waals surface area contributed by atoms with Gasteiger partial charge >= 0.3 is 0 Å². The molecule has 0 unspecified atom stereocenters. The molecule has 0 radical (unpaired) electrons. The number of benzene rings is 2. The number of furan rings is 1. The van der Waals surface area contributed by atoms with Gasteiger partial charge in [-0.1, -0.05) is 24.3 Å². The van der Waals surface area contributed by atoms with Gasteiger partial charge in [-0.2, -0.15) is 0 Å². The van der Waals surface area contributed by atoms with Crippen molar-refractivity contribution in [2.45, 2.75) is 19.4 Å². The van der Waals surface area contributed by atoms with E-state index in [0.717, 1.165) is 24.2 Å². The Balaban J connectivity index is 1.39. The largest absolute Gasteiger partial charge is 0.459 e. The number of amides is 3. The highest BCUT2D eigenvalue weighted by Crippen LogP contribution is 2.22. The molecule has 1 aliphatic heterocycles. The Morgan fingerprint density at radius 2 is 1.77 bits per heavy atom. The molecule has 2 heterocycles. The third-order valence-corrected chi connectivity index (χ3v) is 4.94. The lowest BCUT2D eigenvalue weighted by atomic mass is 10.1. The number of para-hydroxylation sites is 1. The Hall–Kier alpha value is -3.87. The third-order valence-electron chi connectivity index (χ3n) is 4.94. The fraction of sp³-hybridized carbons (Fsp3) is 0.174. The summed E-state index contributed by atoms with van der Waals surface area (Å²) in [6.45, 7) is 1.07. The molecule has 7 heteroatoms. The second-order valence-corrected chi connectivity index (χ2v) is 6.98. The average Bonchev–Trinajstić information content (AvgIpc) is 3.45. The van der Waals surface area contributed by atoms with Crippen LogP contribution in [0, 0.1) is 0 Å². The fourth-order valence-corrected chi connectivity index (χ4v) is 3.37. The van der Waals surface area contributed by atoms with Crippen molar-refractivity contribution in [2.24, 2.45) is 0 Å². The van der Waals surface area contributed by atoms with E-state index >= 15 is 0 Å². The Morgan fingerprint density at radius 1 is 0.967 bits per heavy atom. The highest BCUT2D eigenvalue weighted by Gasteiger charge is 2.21. The lowest BCUT2D eigenvalue weighted by Gasteiger charge is -2.16. The molecule has 1 saturated heterocycles. The van der Waals surface area contributed by atoms with Gasteiger partial charge in [-0.25, -0.2) is 0 Å². The van der Waals surface area contributed by atoms with Gasteiger partial charge < -0.3 is 20.0 Å². The first-order valence-corrected chi connectivity index (χ1v) is 9.73. The van der Waals surface area contributed by atoms with Crippen molar-refractivity contribution in [2.75, 3.05) is 16.8 Å². The van der Waals surface area contributed by atoms with Gasteiger partial charge in [0.1, 0.15) is 0 Å². The summed E-state index contributed by atoms with van der Waals surface area (Å²) >= 11 is 0. The van der Waals surface area contributed by atoms with Gasteiger partial charge in [0.15, 0.2) is 5.76 Å². The van der Waals surface area contributed by atoms with Crippen molar-refractivity contribution in [1.82, 2.24) is 5.32 Å². The summed E-state index contributed by atoms with van der Waals surface area (Å²) in [5.41, 5.74) is 2.55. The number of hydrogen-bond acceptors (Lipinski definition) is 4. The summed E-state index contributed by atoms with van der Waals surface area (Å²) in [6.07, 6.45) is 2.89. The summed E-state index contributed by atoms with van der Waals surface area (Å²) in [6, 6.07) is 17.5. The zero-order valence-electron chi connectivity index (χ0n) is 16.3. The van der Waals surface area contributed by atoms with Gasteiger partial charge in [-0.15, -0.1) is 0 Å². The maximum atomic E-state index is 12.7. The van der Waals surface area contributed by atoms with E-state index in [-0.39, 0.29) is 17.6 Å². The number of nitrogens with zero attached hydrogens (tertiary/aromatic N) is 1. The second-order valence-electron chi connectivity index (χ2n) is 6.98. The number of rotatable bonds is 6. The van der Waals surface area contributed by atoms with Crippen molar-refractivity contribution in [3.05, 3.63) is 83.8 Å². The Kier molecular flexibility index (Phi) is 5.61. The Morgan fingerprint density at radius 3 is 2.47 bits per heavy atom. The summed E-state index contributed by atoms with van der Waals surface area (Å²) in [4.78, 5) is 38.5. The van der Waals surface area contributed by atoms with E-state index in [9.17, 15) is 14.4 Å². The van der Waals surface area contributed by atoms with Crippen molar-refractivity contribution < 1.29 is 18.8 Å². The summed E-state index contributed by atoms with van der Waals surface area (Å²) in [7, 11) is 0. The molecule has 0 spiro atoms. The molecule has 1 aliphatic rings. The molecule has 0 atom stereocenters. The van der Waals surface area contributed by atoms with Crippen LogP contribution in [-0.4, -0.2) is 24.3 Å². The van der Waals surface area contributed by atoms with E-state index < -0.39 is 5.91 Å². The topological polar surface area (TPSA) is 91.7 Å². The van der Waals surface area contributed by atoms with Crippen LogP contribution in [0.5, 0.6) is 0 Å². The van der Waals surface area contributed by atoms with Gasteiger partial charge in [-0.3, -0.25) is 14.4 Å². The van der Waals surface area contributed by atoms with Crippen LogP contribution in [0.3, 0.4) is 0 Å². The Bertz CT molecular complexity index is 1060. The predicted octanol–water partition coefficient (Wildman–Crippen LogP) is 3.59. The smallest absolute Gasteiger partial charge is 0.291 e. The normalized spacial score (nSPS) is 13.3. The first-order chi connectivity index (χ1) is 14.6. The molecule has 4 rings (SSSR count). The molecule has 1 aromatic heterocycles. The van der Waals surface area contributed by atoms with Crippen LogP contribution in [0.1, 0.15) is 39.3 Å². The van der Waals surface area contributed by atoms with Crippen molar-refractivity contribution in [3.8, 4) is 0 Å².